The second-order valence-corrected chi connectivity index (χ2v) is 9.23. The van der Waals surface area contributed by atoms with Gasteiger partial charge in [0, 0.05) is 0 Å². The summed E-state index contributed by atoms with van der Waals surface area (Å²) in [7, 11) is -0.702. The van der Waals surface area contributed by atoms with Crippen molar-refractivity contribution >= 4 is 16.1 Å². The summed E-state index contributed by atoms with van der Waals surface area (Å²) in [5.74, 6) is 0. The molecule has 0 aromatic heterocycles. The normalized spacial score (nSPS) is 21.6. The molecule has 1 aromatic carbocycles. The number of allylic oxidation sites excluding steroid dienone is 3. The maximum absolute atomic E-state index is 2.42. The Morgan fingerprint density at radius 2 is 1.78 bits per heavy atom. The summed E-state index contributed by atoms with van der Waals surface area (Å²) >= 11 is 0. The molecule has 0 unspecified atom stereocenters. The molecular formula is C17H20S. The van der Waals surface area contributed by atoms with Gasteiger partial charge in [-0.05, 0) is 83.1 Å². The second-order valence-electron chi connectivity index (χ2n) is 5.70. The molecule has 1 aliphatic carbocycles. The molecule has 0 saturated heterocycles. The lowest BCUT2D eigenvalue weighted by Gasteiger charge is -2.28. The molecule has 0 fully saturated rings. The highest BCUT2D eigenvalue weighted by Gasteiger charge is 2.26. The third-order valence-electron chi connectivity index (χ3n) is 4.04. The molecule has 94 valence electrons. The average molecular weight is 256 g/mol. The lowest BCUT2D eigenvalue weighted by atomic mass is 9.99. The van der Waals surface area contributed by atoms with Gasteiger partial charge in [-0.2, -0.15) is 10.0 Å². The van der Waals surface area contributed by atoms with Crippen molar-refractivity contribution in [3.8, 4) is 0 Å². The molecule has 1 heteroatoms. The highest BCUT2D eigenvalue weighted by Crippen LogP contribution is 2.57. The lowest BCUT2D eigenvalue weighted by Crippen LogP contribution is -1.97. The molecule has 0 bridgehead atoms. The van der Waals surface area contributed by atoms with E-state index < -0.39 is 10.0 Å². The first kappa shape index (κ1) is 11.9. The Hall–Kier alpha value is -1.21. The van der Waals surface area contributed by atoms with Gasteiger partial charge < -0.3 is 0 Å². The Balaban J connectivity index is 2.05. The number of hydrogen-bond donors (Lipinski definition) is 0. The molecule has 18 heavy (non-hydrogen) atoms. The van der Waals surface area contributed by atoms with Crippen molar-refractivity contribution < 1.29 is 0 Å². The highest BCUT2D eigenvalue weighted by atomic mass is 32.3. The van der Waals surface area contributed by atoms with Gasteiger partial charge in [0.25, 0.3) is 0 Å². The molecule has 0 spiro atoms. The van der Waals surface area contributed by atoms with Crippen LogP contribution in [-0.2, 0) is 6.42 Å². The van der Waals surface area contributed by atoms with Crippen molar-refractivity contribution in [3.63, 3.8) is 0 Å². The Morgan fingerprint density at radius 3 is 2.39 bits per heavy atom. The largest absolute Gasteiger partial charge is 0.200 e. The van der Waals surface area contributed by atoms with E-state index in [0.717, 1.165) is 6.42 Å². The quantitative estimate of drug-likeness (QED) is 0.682. The van der Waals surface area contributed by atoms with Gasteiger partial charge in [0.05, 0.1) is 0 Å². The number of rotatable bonds is 1. The van der Waals surface area contributed by atoms with E-state index in [1.807, 2.05) is 0 Å². The first-order valence-corrected chi connectivity index (χ1v) is 8.92. The summed E-state index contributed by atoms with van der Waals surface area (Å²) in [5, 5.41) is 2.38. The molecule has 0 atom stereocenters. The molecule has 1 aromatic rings. The van der Waals surface area contributed by atoms with Crippen molar-refractivity contribution in [2.45, 2.75) is 20.3 Å². The number of hydrogen-bond acceptors (Lipinski definition) is 0. The fraction of sp³-hybridized carbons (Fsp3) is 0.294. The summed E-state index contributed by atoms with van der Waals surface area (Å²) < 4.78 is 0. The second kappa shape index (κ2) is 3.89. The molecule has 0 radical (unpaired) electrons. The molecule has 3 rings (SSSR count). The molecule has 1 heterocycles. The molecule has 0 amide bonds. The van der Waals surface area contributed by atoms with Crippen molar-refractivity contribution in [1.82, 2.24) is 0 Å². The van der Waals surface area contributed by atoms with Crippen LogP contribution in [0, 0.1) is 13.8 Å². The third kappa shape index (κ3) is 1.69. The molecule has 0 N–H and O–H groups in total. The maximum Gasteiger partial charge on any atom is -0.000623 e. The van der Waals surface area contributed by atoms with Crippen LogP contribution in [0.15, 0.2) is 40.2 Å². The van der Waals surface area contributed by atoms with Crippen LogP contribution in [0.2, 0.25) is 0 Å². The van der Waals surface area contributed by atoms with Crippen LogP contribution in [0.25, 0.3) is 6.08 Å². The van der Waals surface area contributed by atoms with Gasteiger partial charge in [-0.1, -0.05) is 18.2 Å². The van der Waals surface area contributed by atoms with E-state index in [4.69, 9.17) is 0 Å². The first-order valence-electron chi connectivity index (χ1n) is 6.41. The zero-order valence-electron chi connectivity index (χ0n) is 11.6. The molecule has 0 saturated carbocycles. The number of aryl methyl sites for hydroxylation is 2. The van der Waals surface area contributed by atoms with E-state index in [1.165, 1.54) is 27.8 Å². The highest BCUT2D eigenvalue weighted by molar-refractivity contribution is 8.38. The van der Waals surface area contributed by atoms with Crippen LogP contribution in [0.4, 0.5) is 0 Å². The van der Waals surface area contributed by atoms with Crippen LogP contribution < -0.4 is 0 Å². The standard InChI is InChI=1S/C17H20S/c1-12-7-8-13(2)16-11-14(10-15(12)16)17-6-5-9-18(17,3)4/h5-10H,11H2,1-4H3. The predicted octanol–water partition coefficient (Wildman–Crippen LogP) is 4.72. The molecule has 2 aliphatic rings. The van der Waals surface area contributed by atoms with Gasteiger partial charge in [-0.3, -0.25) is 0 Å². The molecule has 1 aliphatic heterocycles. The fourth-order valence-electron chi connectivity index (χ4n) is 2.92. The zero-order chi connectivity index (χ0) is 12.9. The van der Waals surface area contributed by atoms with Crippen molar-refractivity contribution in [2.24, 2.45) is 0 Å². The van der Waals surface area contributed by atoms with Crippen molar-refractivity contribution in [2.75, 3.05) is 12.5 Å². The minimum absolute atomic E-state index is 0.702. The van der Waals surface area contributed by atoms with Crippen LogP contribution in [0.5, 0.6) is 0 Å². The van der Waals surface area contributed by atoms with E-state index in [2.05, 4.69) is 62.1 Å². The van der Waals surface area contributed by atoms with Crippen molar-refractivity contribution in [3.05, 3.63) is 62.4 Å². The molecular weight excluding hydrogens is 236 g/mol. The Labute approximate surface area is 111 Å². The van der Waals surface area contributed by atoms with Gasteiger partial charge in [-0.15, -0.1) is 0 Å². The van der Waals surface area contributed by atoms with Crippen LogP contribution in [0.3, 0.4) is 0 Å². The van der Waals surface area contributed by atoms with Gasteiger partial charge in [0.15, 0.2) is 0 Å². The van der Waals surface area contributed by atoms with Gasteiger partial charge in [0.1, 0.15) is 0 Å². The third-order valence-corrected chi connectivity index (χ3v) is 6.41. The average Bonchev–Trinajstić information content (AvgIpc) is 2.87. The monoisotopic (exact) mass is 256 g/mol. The van der Waals surface area contributed by atoms with Crippen LogP contribution in [0.1, 0.15) is 22.3 Å². The van der Waals surface area contributed by atoms with E-state index in [1.54, 1.807) is 4.91 Å². The van der Waals surface area contributed by atoms with Gasteiger partial charge in [0.2, 0.25) is 0 Å². The summed E-state index contributed by atoms with van der Waals surface area (Å²) in [4.78, 5) is 1.57. The van der Waals surface area contributed by atoms with Gasteiger partial charge >= 0.3 is 0 Å². The summed E-state index contributed by atoms with van der Waals surface area (Å²) in [6.07, 6.45) is 12.8. The van der Waals surface area contributed by atoms with Gasteiger partial charge in [-0.25, -0.2) is 0 Å². The predicted molar refractivity (Wildman–Crippen MR) is 84.3 cm³/mol. The zero-order valence-corrected chi connectivity index (χ0v) is 12.4. The lowest BCUT2D eigenvalue weighted by molar-refractivity contribution is 1.18. The number of benzene rings is 1. The SMILES string of the molecule is Cc1ccc(C)c2c1C=C(C1=CC=CS1(C)C)C2. The van der Waals surface area contributed by atoms with E-state index in [-0.39, 0.29) is 0 Å². The smallest absolute Gasteiger partial charge is 0.000623 e. The van der Waals surface area contributed by atoms with E-state index in [0.29, 0.717) is 0 Å². The Bertz CT molecular complexity index is 613. The van der Waals surface area contributed by atoms with Crippen molar-refractivity contribution in [1.29, 1.82) is 0 Å². The summed E-state index contributed by atoms with van der Waals surface area (Å²) in [6.45, 7) is 4.45. The Morgan fingerprint density at radius 1 is 1.06 bits per heavy atom. The minimum atomic E-state index is -0.702. The maximum atomic E-state index is 2.42. The Kier molecular flexibility index (Phi) is 2.56. The molecule has 0 nitrogen and oxygen atoms in total. The minimum Gasteiger partial charge on any atom is -0.200 e. The summed E-state index contributed by atoms with van der Waals surface area (Å²) in [6, 6.07) is 4.50. The summed E-state index contributed by atoms with van der Waals surface area (Å²) in [5.41, 5.74) is 7.37. The van der Waals surface area contributed by atoms with Crippen LogP contribution >= 0.6 is 10.0 Å². The van der Waals surface area contributed by atoms with E-state index in [9.17, 15) is 0 Å². The van der Waals surface area contributed by atoms with Crippen LogP contribution in [-0.4, -0.2) is 12.5 Å². The number of fused-ring (bicyclic) bond motifs is 1. The fourth-order valence-corrected chi connectivity index (χ4v) is 4.77. The van der Waals surface area contributed by atoms with E-state index >= 15 is 0 Å². The first-order chi connectivity index (χ1) is 8.49. The topological polar surface area (TPSA) is 0 Å².